The molecule has 0 N–H and O–H groups in total. The SMILES string of the molecule is COCc1nc(CN2CCC[C@@H]2c2nc(-c3ccccn3)no2)no1. The fourth-order valence-electron chi connectivity index (χ4n) is 2.98. The minimum atomic E-state index is 0.0503. The summed E-state index contributed by atoms with van der Waals surface area (Å²) in [6, 6.07) is 5.66. The average Bonchev–Trinajstić information content (AvgIpc) is 3.37. The van der Waals surface area contributed by atoms with E-state index in [1.54, 1.807) is 13.3 Å². The van der Waals surface area contributed by atoms with Gasteiger partial charge in [0, 0.05) is 13.3 Å². The van der Waals surface area contributed by atoms with Gasteiger partial charge < -0.3 is 13.8 Å². The molecule has 1 aliphatic rings. The van der Waals surface area contributed by atoms with E-state index in [1.807, 2.05) is 18.2 Å². The Morgan fingerprint density at radius 3 is 3.04 bits per heavy atom. The second-order valence-electron chi connectivity index (χ2n) is 5.84. The molecule has 0 unspecified atom stereocenters. The summed E-state index contributed by atoms with van der Waals surface area (Å²) in [5.41, 5.74) is 0.699. The predicted molar refractivity (Wildman–Crippen MR) is 84.9 cm³/mol. The van der Waals surface area contributed by atoms with Crippen LogP contribution in [-0.2, 0) is 17.9 Å². The van der Waals surface area contributed by atoms with Crippen LogP contribution in [0.3, 0.4) is 0 Å². The molecule has 0 saturated carbocycles. The number of likely N-dealkylation sites (tertiary alicyclic amines) is 1. The van der Waals surface area contributed by atoms with Gasteiger partial charge in [0.1, 0.15) is 12.3 Å². The molecule has 0 amide bonds. The minimum absolute atomic E-state index is 0.0503. The van der Waals surface area contributed by atoms with E-state index in [1.165, 1.54) is 0 Å². The molecule has 1 saturated heterocycles. The molecule has 4 rings (SSSR count). The third-order valence-corrected chi connectivity index (χ3v) is 4.11. The molecule has 0 aromatic carbocycles. The number of hydrogen-bond acceptors (Lipinski definition) is 9. The quantitative estimate of drug-likeness (QED) is 0.665. The molecule has 0 radical (unpaired) electrons. The van der Waals surface area contributed by atoms with E-state index >= 15 is 0 Å². The van der Waals surface area contributed by atoms with Crippen LogP contribution in [0, 0.1) is 0 Å². The second-order valence-corrected chi connectivity index (χ2v) is 5.84. The van der Waals surface area contributed by atoms with Crippen molar-refractivity contribution in [1.82, 2.24) is 30.2 Å². The highest BCUT2D eigenvalue weighted by atomic mass is 16.5. The number of ether oxygens (including phenoxy) is 1. The topological polar surface area (TPSA) is 103 Å². The first kappa shape index (κ1) is 15.9. The van der Waals surface area contributed by atoms with Gasteiger partial charge in [-0.25, -0.2) is 0 Å². The Kier molecular flexibility index (Phi) is 4.49. The van der Waals surface area contributed by atoms with Crippen LogP contribution in [0.1, 0.15) is 36.5 Å². The van der Waals surface area contributed by atoms with E-state index in [4.69, 9.17) is 13.8 Å². The van der Waals surface area contributed by atoms with Gasteiger partial charge in [-0.05, 0) is 31.5 Å². The Balaban J connectivity index is 1.48. The summed E-state index contributed by atoms with van der Waals surface area (Å²) in [6.45, 7) is 1.80. The monoisotopic (exact) mass is 342 g/mol. The largest absolute Gasteiger partial charge is 0.375 e. The molecule has 3 aromatic rings. The highest BCUT2D eigenvalue weighted by Gasteiger charge is 2.32. The summed E-state index contributed by atoms with van der Waals surface area (Å²) in [7, 11) is 1.59. The minimum Gasteiger partial charge on any atom is -0.375 e. The molecule has 130 valence electrons. The first-order valence-electron chi connectivity index (χ1n) is 8.13. The Labute approximate surface area is 144 Å². The zero-order valence-electron chi connectivity index (χ0n) is 13.8. The van der Waals surface area contributed by atoms with Crippen LogP contribution in [0.25, 0.3) is 11.5 Å². The van der Waals surface area contributed by atoms with Crippen molar-refractivity contribution >= 4 is 0 Å². The molecule has 0 spiro atoms. The first-order valence-corrected chi connectivity index (χ1v) is 8.13. The molecule has 0 aliphatic carbocycles. The molecule has 9 nitrogen and oxygen atoms in total. The van der Waals surface area contributed by atoms with E-state index in [2.05, 4.69) is 30.2 Å². The van der Waals surface area contributed by atoms with E-state index in [9.17, 15) is 0 Å². The van der Waals surface area contributed by atoms with Crippen molar-refractivity contribution in [3.8, 4) is 11.5 Å². The lowest BCUT2D eigenvalue weighted by Gasteiger charge is -2.19. The number of hydrogen-bond donors (Lipinski definition) is 0. The van der Waals surface area contributed by atoms with Gasteiger partial charge in [0.05, 0.1) is 12.6 Å². The molecule has 25 heavy (non-hydrogen) atoms. The van der Waals surface area contributed by atoms with Crippen molar-refractivity contribution < 1.29 is 13.8 Å². The predicted octanol–water partition coefficient (Wildman–Crippen LogP) is 2.00. The van der Waals surface area contributed by atoms with Crippen molar-refractivity contribution in [3.05, 3.63) is 42.0 Å². The van der Waals surface area contributed by atoms with Gasteiger partial charge in [0.15, 0.2) is 5.82 Å². The highest BCUT2D eigenvalue weighted by Crippen LogP contribution is 2.32. The third-order valence-electron chi connectivity index (χ3n) is 4.11. The van der Waals surface area contributed by atoms with Gasteiger partial charge in [-0.1, -0.05) is 16.4 Å². The van der Waals surface area contributed by atoms with Crippen LogP contribution < -0.4 is 0 Å². The molecule has 0 bridgehead atoms. The lowest BCUT2D eigenvalue weighted by atomic mass is 10.2. The van der Waals surface area contributed by atoms with Crippen LogP contribution in [0.15, 0.2) is 33.4 Å². The van der Waals surface area contributed by atoms with E-state index in [0.717, 1.165) is 19.4 Å². The van der Waals surface area contributed by atoms with Gasteiger partial charge in [-0.2, -0.15) is 9.97 Å². The van der Waals surface area contributed by atoms with E-state index < -0.39 is 0 Å². The van der Waals surface area contributed by atoms with Crippen LogP contribution in [-0.4, -0.2) is 43.8 Å². The zero-order valence-corrected chi connectivity index (χ0v) is 13.8. The Morgan fingerprint density at radius 1 is 1.24 bits per heavy atom. The van der Waals surface area contributed by atoms with Gasteiger partial charge in [-0.15, -0.1) is 0 Å². The smallest absolute Gasteiger partial charge is 0.252 e. The van der Waals surface area contributed by atoms with E-state index in [-0.39, 0.29) is 6.04 Å². The molecular weight excluding hydrogens is 324 g/mol. The summed E-state index contributed by atoms with van der Waals surface area (Å²) in [5, 5.41) is 8.05. The van der Waals surface area contributed by atoms with Crippen LogP contribution >= 0.6 is 0 Å². The summed E-state index contributed by atoms with van der Waals surface area (Å²) < 4.78 is 15.6. The van der Waals surface area contributed by atoms with Crippen LogP contribution in [0.2, 0.25) is 0 Å². The molecule has 3 aromatic heterocycles. The van der Waals surface area contributed by atoms with Crippen LogP contribution in [0.5, 0.6) is 0 Å². The van der Waals surface area contributed by atoms with Crippen molar-refractivity contribution in [3.63, 3.8) is 0 Å². The molecule has 1 aliphatic heterocycles. The third kappa shape index (κ3) is 3.42. The van der Waals surface area contributed by atoms with E-state index in [0.29, 0.717) is 42.3 Å². The number of pyridine rings is 1. The number of rotatable bonds is 6. The maximum atomic E-state index is 5.49. The van der Waals surface area contributed by atoms with Crippen molar-refractivity contribution in [1.29, 1.82) is 0 Å². The number of nitrogens with zero attached hydrogens (tertiary/aromatic N) is 6. The maximum Gasteiger partial charge on any atom is 0.252 e. The normalized spacial score (nSPS) is 18.0. The molecular formula is C16H18N6O3. The Bertz CT molecular complexity index is 818. The highest BCUT2D eigenvalue weighted by molar-refractivity contribution is 5.47. The fourth-order valence-corrected chi connectivity index (χ4v) is 2.98. The Morgan fingerprint density at radius 2 is 2.20 bits per heavy atom. The fraction of sp³-hybridized carbons (Fsp3) is 0.438. The van der Waals surface area contributed by atoms with Gasteiger partial charge >= 0.3 is 0 Å². The van der Waals surface area contributed by atoms with Gasteiger partial charge in [0.25, 0.3) is 5.89 Å². The Hall–Kier alpha value is -2.65. The average molecular weight is 342 g/mol. The van der Waals surface area contributed by atoms with Gasteiger partial charge in [-0.3, -0.25) is 9.88 Å². The van der Waals surface area contributed by atoms with Crippen molar-refractivity contribution in [2.24, 2.45) is 0 Å². The number of aromatic nitrogens is 5. The lowest BCUT2D eigenvalue weighted by molar-refractivity contribution is 0.151. The first-order chi connectivity index (χ1) is 12.3. The summed E-state index contributed by atoms with van der Waals surface area (Å²) in [6.07, 6.45) is 3.71. The zero-order chi connectivity index (χ0) is 17.1. The summed E-state index contributed by atoms with van der Waals surface area (Å²) >= 11 is 0. The van der Waals surface area contributed by atoms with Gasteiger partial charge in [0.2, 0.25) is 11.7 Å². The molecule has 4 heterocycles. The standard InChI is InChI=1S/C16H18N6O3/c1-23-10-14-18-13(20-24-14)9-22-8-4-6-12(22)16-19-15(21-25-16)11-5-2-3-7-17-11/h2-3,5,7,12H,4,6,8-10H2,1H3/t12-/m1/s1. The molecule has 1 fully saturated rings. The summed E-state index contributed by atoms with van der Waals surface area (Å²) in [4.78, 5) is 15.3. The maximum absolute atomic E-state index is 5.49. The second kappa shape index (κ2) is 7.08. The van der Waals surface area contributed by atoms with Crippen molar-refractivity contribution in [2.75, 3.05) is 13.7 Å². The summed E-state index contributed by atoms with van der Waals surface area (Å²) in [5.74, 6) is 2.20. The molecule has 9 heteroatoms. The van der Waals surface area contributed by atoms with Crippen LogP contribution in [0.4, 0.5) is 0 Å². The number of methoxy groups -OCH3 is 1. The molecule has 1 atom stereocenters. The van der Waals surface area contributed by atoms with Crippen molar-refractivity contribution in [2.45, 2.75) is 32.0 Å². The lowest BCUT2D eigenvalue weighted by Crippen LogP contribution is -2.23.